The number of nitrogens with zero attached hydrogens (tertiary/aromatic N) is 2. The molecule has 1 heterocycles. The molecular formula is C11H11BrClN3O. The monoisotopic (exact) mass is 315 g/mol. The average Bonchev–Trinajstić information content (AvgIpc) is 2.76. The number of hydrogen-bond donors (Lipinski definition) is 1. The molecule has 0 radical (unpaired) electrons. The summed E-state index contributed by atoms with van der Waals surface area (Å²) in [4.78, 5) is 4.20. The maximum absolute atomic E-state index is 6.12. The van der Waals surface area contributed by atoms with Crippen molar-refractivity contribution in [2.45, 2.75) is 19.4 Å². The lowest BCUT2D eigenvalue weighted by Gasteiger charge is -2.09. The van der Waals surface area contributed by atoms with Crippen molar-refractivity contribution in [3.8, 4) is 0 Å². The van der Waals surface area contributed by atoms with Gasteiger partial charge in [-0.25, -0.2) is 0 Å². The number of halogens is 2. The Balaban J connectivity index is 2.33. The van der Waals surface area contributed by atoms with Crippen molar-refractivity contribution >= 4 is 27.5 Å². The molecule has 6 heteroatoms. The molecule has 1 aromatic heterocycles. The minimum Gasteiger partial charge on any atom is -0.339 e. The van der Waals surface area contributed by atoms with Gasteiger partial charge in [0.25, 0.3) is 0 Å². The maximum Gasteiger partial charge on any atom is 0.226 e. The summed E-state index contributed by atoms with van der Waals surface area (Å²) in [5.41, 5.74) is 6.83. The third kappa shape index (κ3) is 2.68. The van der Waals surface area contributed by atoms with Gasteiger partial charge in [0.1, 0.15) is 0 Å². The normalized spacial score (nSPS) is 12.7. The zero-order valence-corrected chi connectivity index (χ0v) is 11.5. The second kappa shape index (κ2) is 5.16. The van der Waals surface area contributed by atoms with Crippen LogP contribution in [0.2, 0.25) is 5.02 Å². The molecule has 2 rings (SSSR count). The Kier molecular flexibility index (Phi) is 3.81. The highest BCUT2D eigenvalue weighted by molar-refractivity contribution is 9.10. The topological polar surface area (TPSA) is 64.9 Å². The van der Waals surface area contributed by atoms with E-state index in [0.29, 0.717) is 23.2 Å². The van der Waals surface area contributed by atoms with Crippen LogP contribution in [0, 0.1) is 0 Å². The highest BCUT2D eigenvalue weighted by atomic mass is 79.9. The van der Waals surface area contributed by atoms with Gasteiger partial charge in [-0.15, -0.1) is 0 Å². The molecule has 1 unspecified atom stereocenters. The molecule has 2 aromatic rings. The van der Waals surface area contributed by atoms with Gasteiger partial charge in [0, 0.05) is 15.9 Å². The Labute approximate surface area is 112 Å². The molecular weight excluding hydrogens is 305 g/mol. The number of nitrogens with two attached hydrogens (primary N) is 1. The SMILES string of the molecule is CCc1nc(C(N)c2ccc(Br)cc2Cl)no1. The van der Waals surface area contributed by atoms with E-state index in [9.17, 15) is 0 Å². The van der Waals surface area contributed by atoms with Crippen LogP contribution in [-0.2, 0) is 6.42 Å². The van der Waals surface area contributed by atoms with Crippen molar-refractivity contribution in [3.05, 3.63) is 45.0 Å². The first-order chi connectivity index (χ1) is 8.11. The fourth-order valence-corrected chi connectivity index (χ4v) is 2.22. The number of hydrogen-bond acceptors (Lipinski definition) is 4. The van der Waals surface area contributed by atoms with Gasteiger partial charge in [0.15, 0.2) is 5.82 Å². The number of aryl methyl sites for hydroxylation is 1. The molecule has 2 N–H and O–H groups in total. The first-order valence-electron chi connectivity index (χ1n) is 5.14. The third-order valence-electron chi connectivity index (χ3n) is 2.36. The molecule has 1 atom stereocenters. The molecule has 0 amide bonds. The molecule has 0 aliphatic rings. The zero-order valence-electron chi connectivity index (χ0n) is 9.15. The van der Waals surface area contributed by atoms with Crippen molar-refractivity contribution in [2.75, 3.05) is 0 Å². The van der Waals surface area contributed by atoms with Crippen LogP contribution < -0.4 is 5.73 Å². The van der Waals surface area contributed by atoms with Gasteiger partial charge in [0.2, 0.25) is 5.89 Å². The van der Waals surface area contributed by atoms with Gasteiger partial charge >= 0.3 is 0 Å². The van der Waals surface area contributed by atoms with Crippen LogP contribution in [0.15, 0.2) is 27.2 Å². The number of rotatable bonds is 3. The Bertz CT molecular complexity index is 529. The lowest BCUT2D eigenvalue weighted by Crippen LogP contribution is -2.14. The van der Waals surface area contributed by atoms with E-state index in [2.05, 4.69) is 26.1 Å². The van der Waals surface area contributed by atoms with Gasteiger partial charge in [-0.1, -0.05) is 45.7 Å². The van der Waals surface area contributed by atoms with Crippen molar-refractivity contribution in [2.24, 2.45) is 5.73 Å². The van der Waals surface area contributed by atoms with E-state index in [1.807, 2.05) is 19.1 Å². The van der Waals surface area contributed by atoms with Gasteiger partial charge in [-0.3, -0.25) is 0 Å². The number of benzene rings is 1. The Hall–Kier alpha value is -0.910. The average molecular weight is 317 g/mol. The van der Waals surface area contributed by atoms with E-state index >= 15 is 0 Å². The van der Waals surface area contributed by atoms with Crippen LogP contribution in [0.3, 0.4) is 0 Å². The zero-order chi connectivity index (χ0) is 12.4. The molecule has 0 saturated carbocycles. The predicted octanol–water partition coefficient (Wildman–Crippen LogP) is 3.10. The fraction of sp³-hybridized carbons (Fsp3) is 0.273. The van der Waals surface area contributed by atoms with E-state index in [1.165, 1.54) is 0 Å². The molecule has 90 valence electrons. The largest absolute Gasteiger partial charge is 0.339 e. The van der Waals surface area contributed by atoms with E-state index < -0.39 is 6.04 Å². The lowest BCUT2D eigenvalue weighted by atomic mass is 10.1. The van der Waals surface area contributed by atoms with Crippen LogP contribution in [0.5, 0.6) is 0 Å². The second-order valence-corrected chi connectivity index (χ2v) is 4.87. The summed E-state index contributed by atoms with van der Waals surface area (Å²) >= 11 is 9.46. The summed E-state index contributed by atoms with van der Waals surface area (Å²) in [6, 6.07) is 5.04. The molecule has 0 bridgehead atoms. The first-order valence-corrected chi connectivity index (χ1v) is 6.32. The summed E-state index contributed by atoms with van der Waals surface area (Å²) in [6.45, 7) is 1.94. The Morgan fingerprint density at radius 3 is 2.88 bits per heavy atom. The first kappa shape index (κ1) is 12.5. The van der Waals surface area contributed by atoms with E-state index in [4.69, 9.17) is 21.9 Å². The number of aromatic nitrogens is 2. The predicted molar refractivity (Wildman–Crippen MR) is 68.9 cm³/mol. The summed E-state index contributed by atoms with van der Waals surface area (Å²) < 4.78 is 5.93. The maximum atomic E-state index is 6.12. The fourth-order valence-electron chi connectivity index (χ4n) is 1.43. The summed E-state index contributed by atoms with van der Waals surface area (Å²) in [5.74, 6) is 1.02. The molecule has 0 fully saturated rings. The summed E-state index contributed by atoms with van der Waals surface area (Å²) in [5, 5.41) is 4.42. The van der Waals surface area contributed by atoms with Crippen molar-refractivity contribution in [1.82, 2.24) is 10.1 Å². The molecule has 0 aliphatic heterocycles. The van der Waals surface area contributed by atoms with Gasteiger partial charge in [-0.2, -0.15) is 4.98 Å². The minimum atomic E-state index is -0.473. The molecule has 0 saturated heterocycles. The molecule has 17 heavy (non-hydrogen) atoms. The quantitative estimate of drug-likeness (QED) is 0.945. The highest BCUT2D eigenvalue weighted by Crippen LogP contribution is 2.27. The van der Waals surface area contributed by atoms with Crippen LogP contribution in [0.4, 0.5) is 0 Å². The van der Waals surface area contributed by atoms with Crippen LogP contribution in [-0.4, -0.2) is 10.1 Å². The summed E-state index contributed by atoms with van der Waals surface area (Å²) in [7, 11) is 0. The molecule has 1 aromatic carbocycles. The van der Waals surface area contributed by atoms with Gasteiger partial charge in [-0.05, 0) is 17.7 Å². The Morgan fingerprint density at radius 1 is 1.53 bits per heavy atom. The smallest absolute Gasteiger partial charge is 0.226 e. The van der Waals surface area contributed by atoms with E-state index in [1.54, 1.807) is 6.07 Å². The Morgan fingerprint density at radius 2 is 2.29 bits per heavy atom. The van der Waals surface area contributed by atoms with E-state index in [0.717, 1.165) is 10.0 Å². The van der Waals surface area contributed by atoms with E-state index in [-0.39, 0.29) is 0 Å². The van der Waals surface area contributed by atoms with Crippen molar-refractivity contribution in [1.29, 1.82) is 0 Å². The molecule has 0 aliphatic carbocycles. The summed E-state index contributed by atoms with van der Waals surface area (Å²) in [6.07, 6.45) is 0.688. The van der Waals surface area contributed by atoms with Crippen molar-refractivity contribution < 1.29 is 4.52 Å². The standard InChI is InChI=1S/C11H11BrClN3O/c1-2-9-15-11(16-17-9)10(14)7-4-3-6(12)5-8(7)13/h3-5,10H,2,14H2,1H3. The lowest BCUT2D eigenvalue weighted by molar-refractivity contribution is 0.375. The van der Waals surface area contributed by atoms with Crippen LogP contribution in [0.25, 0.3) is 0 Å². The second-order valence-electron chi connectivity index (χ2n) is 3.54. The van der Waals surface area contributed by atoms with Gasteiger partial charge in [0.05, 0.1) is 6.04 Å². The highest BCUT2D eigenvalue weighted by Gasteiger charge is 2.18. The van der Waals surface area contributed by atoms with Crippen molar-refractivity contribution in [3.63, 3.8) is 0 Å². The molecule has 4 nitrogen and oxygen atoms in total. The minimum absolute atomic E-state index is 0.450. The third-order valence-corrected chi connectivity index (χ3v) is 3.18. The van der Waals surface area contributed by atoms with Crippen LogP contribution in [0.1, 0.15) is 30.2 Å². The molecule has 0 spiro atoms. The van der Waals surface area contributed by atoms with Crippen LogP contribution >= 0.6 is 27.5 Å². The van der Waals surface area contributed by atoms with Gasteiger partial charge < -0.3 is 10.3 Å².